The maximum atomic E-state index is 13.8. The van der Waals surface area contributed by atoms with E-state index in [1.54, 1.807) is 7.11 Å². The summed E-state index contributed by atoms with van der Waals surface area (Å²) in [5.74, 6) is -0.184. The number of aromatic nitrogens is 2. The molecule has 7 nitrogen and oxygen atoms in total. The van der Waals surface area contributed by atoms with Gasteiger partial charge in [0, 0.05) is 19.2 Å². The molecule has 1 aromatic heterocycles. The van der Waals surface area contributed by atoms with Crippen LogP contribution in [0.15, 0.2) is 48.5 Å². The molecule has 1 fully saturated rings. The van der Waals surface area contributed by atoms with Crippen molar-refractivity contribution >= 4 is 28.8 Å². The standard InChI is InChI=1S/C24H26N4O3/c1-31-15-14-28-22(30)17-9-3-2-8-16(17)20(24(28)12-6-7-13-24)21(29)27-23-25-18-10-4-5-11-19(18)26-23/h2-5,8-11,20H,6-7,12-15H2,1H3,(H2,25,26,27,29). The summed E-state index contributed by atoms with van der Waals surface area (Å²) in [4.78, 5) is 36.8. The van der Waals surface area contributed by atoms with Crippen molar-refractivity contribution in [1.82, 2.24) is 14.9 Å². The highest BCUT2D eigenvalue weighted by molar-refractivity contribution is 6.05. The third-order valence-corrected chi connectivity index (χ3v) is 6.70. The number of para-hydroxylation sites is 2. The fourth-order valence-corrected chi connectivity index (χ4v) is 5.38. The minimum atomic E-state index is -0.542. The van der Waals surface area contributed by atoms with Gasteiger partial charge in [-0.25, -0.2) is 4.98 Å². The molecule has 5 rings (SSSR count). The molecule has 0 saturated heterocycles. The van der Waals surface area contributed by atoms with Crippen molar-refractivity contribution < 1.29 is 14.3 Å². The number of benzene rings is 2. The number of carbonyl (C=O) groups is 2. The summed E-state index contributed by atoms with van der Waals surface area (Å²) in [6.45, 7) is 0.908. The van der Waals surface area contributed by atoms with Crippen LogP contribution < -0.4 is 5.32 Å². The molecule has 0 bridgehead atoms. The molecule has 0 radical (unpaired) electrons. The maximum Gasteiger partial charge on any atom is 0.254 e. The Hall–Kier alpha value is -3.19. The molecule has 1 aliphatic heterocycles. The summed E-state index contributed by atoms with van der Waals surface area (Å²) in [5, 5.41) is 3.01. The number of rotatable bonds is 5. The lowest BCUT2D eigenvalue weighted by atomic mass is 9.71. The molecule has 2 heterocycles. The predicted molar refractivity (Wildman–Crippen MR) is 118 cm³/mol. The van der Waals surface area contributed by atoms with Crippen LogP contribution in [0.2, 0.25) is 0 Å². The number of fused-ring (bicyclic) bond motifs is 2. The first kappa shape index (κ1) is 19.8. The van der Waals surface area contributed by atoms with Crippen LogP contribution in [-0.2, 0) is 9.53 Å². The average Bonchev–Trinajstić information content (AvgIpc) is 3.41. The molecule has 1 spiro atoms. The highest BCUT2D eigenvalue weighted by Gasteiger charge is 2.55. The number of nitrogens with one attached hydrogen (secondary N) is 2. The summed E-state index contributed by atoms with van der Waals surface area (Å²) in [6.07, 6.45) is 3.59. The molecule has 3 aromatic rings. The zero-order chi connectivity index (χ0) is 21.4. The van der Waals surface area contributed by atoms with Crippen molar-refractivity contribution in [1.29, 1.82) is 0 Å². The minimum absolute atomic E-state index is 0.0117. The second kappa shape index (κ2) is 7.81. The van der Waals surface area contributed by atoms with Gasteiger partial charge >= 0.3 is 0 Å². The number of aromatic amines is 1. The number of imidazole rings is 1. The molecule has 160 valence electrons. The van der Waals surface area contributed by atoms with Crippen molar-refractivity contribution in [3.63, 3.8) is 0 Å². The van der Waals surface area contributed by atoms with Gasteiger partial charge in [0.15, 0.2) is 0 Å². The van der Waals surface area contributed by atoms with E-state index in [0.29, 0.717) is 24.7 Å². The average molecular weight is 418 g/mol. The van der Waals surface area contributed by atoms with Crippen LogP contribution in [0, 0.1) is 0 Å². The number of hydrogen-bond acceptors (Lipinski definition) is 4. The Morgan fingerprint density at radius 1 is 1.19 bits per heavy atom. The number of anilines is 1. The first-order valence-corrected chi connectivity index (χ1v) is 10.8. The molecule has 1 unspecified atom stereocenters. The zero-order valence-electron chi connectivity index (χ0n) is 17.6. The number of hydrogen-bond donors (Lipinski definition) is 2. The SMILES string of the molecule is COCCN1C(=O)c2ccccc2C(C(=O)Nc2nc3ccccc3[nH]2)C12CCCC2. The summed E-state index contributed by atoms with van der Waals surface area (Å²) in [6, 6.07) is 15.2. The highest BCUT2D eigenvalue weighted by Crippen LogP contribution is 2.50. The van der Waals surface area contributed by atoms with E-state index in [-0.39, 0.29) is 11.8 Å². The second-order valence-corrected chi connectivity index (χ2v) is 8.37. The monoisotopic (exact) mass is 418 g/mol. The molecule has 2 amide bonds. The minimum Gasteiger partial charge on any atom is -0.383 e. The molecule has 2 aromatic carbocycles. The maximum absolute atomic E-state index is 13.8. The van der Waals surface area contributed by atoms with Crippen LogP contribution in [0.4, 0.5) is 5.95 Å². The van der Waals surface area contributed by atoms with Crippen molar-refractivity contribution in [3.8, 4) is 0 Å². The Balaban J connectivity index is 1.57. The smallest absolute Gasteiger partial charge is 0.254 e. The summed E-state index contributed by atoms with van der Waals surface area (Å²) in [5.41, 5.74) is 2.53. The lowest BCUT2D eigenvalue weighted by Crippen LogP contribution is -2.60. The van der Waals surface area contributed by atoms with E-state index in [9.17, 15) is 9.59 Å². The summed E-state index contributed by atoms with van der Waals surface area (Å²) < 4.78 is 5.30. The zero-order valence-corrected chi connectivity index (χ0v) is 17.6. The molecule has 2 aliphatic rings. The van der Waals surface area contributed by atoms with Crippen LogP contribution in [0.25, 0.3) is 11.0 Å². The van der Waals surface area contributed by atoms with Crippen LogP contribution >= 0.6 is 0 Å². The Morgan fingerprint density at radius 3 is 2.71 bits per heavy atom. The molecule has 1 atom stereocenters. The first-order chi connectivity index (χ1) is 15.1. The van der Waals surface area contributed by atoms with Crippen LogP contribution in [0.3, 0.4) is 0 Å². The number of methoxy groups -OCH3 is 1. The van der Waals surface area contributed by atoms with Crippen molar-refractivity contribution in [2.45, 2.75) is 37.1 Å². The number of H-pyrrole nitrogens is 1. The lowest BCUT2D eigenvalue weighted by molar-refractivity contribution is -0.121. The topological polar surface area (TPSA) is 87.3 Å². The Kier molecular flexibility index (Phi) is 4.98. The van der Waals surface area contributed by atoms with E-state index < -0.39 is 11.5 Å². The van der Waals surface area contributed by atoms with E-state index in [0.717, 1.165) is 42.3 Å². The van der Waals surface area contributed by atoms with E-state index in [2.05, 4.69) is 15.3 Å². The molecule has 2 N–H and O–H groups in total. The van der Waals surface area contributed by atoms with Gasteiger partial charge in [-0.3, -0.25) is 14.9 Å². The van der Waals surface area contributed by atoms with Gasteiger partial charge < -0.3 is 14.6 Å². The molecule has 1 saturated carbocycles. The van der Waals surface area contributed by atoms with Crippen molar-refractivity contribution in [3.05, 3.63) is 59.7 Å². The van der Waals surface area contributed by atoms with Crippen LogP contribution in [0.1, 0.15) is 47.5 Å². The van der Waals surface area contributed by atoms with Gasteiger partial charge in [-0.05, 0) is 36.6 Å². The molecular weight excluding hydrogens is 392 g/mol. The largest absolute Gasteiger partial charge is 0.383 e. The normalized spacial score (nSPS) is 19.7. The third-order valence-electron chi connectivity index (χ3n) is 6.70. The van der Waals surface area contributed by atoms with Crippen LogP contribution in [-0.4, -0.2) is 52.5 Å². The number of carbonyl (C=O) groups excluding carboxylic acids is 2. The van der Waals surface area contributed by atoms with Crippen molar-refractivity contribution in [2.75, 3.05) is 25.6 Å². The second-order valence-electron chi connectivity index (χ2n) is 8.37. The summed E-state index contributed by atoms with van der Waals surface area (Å²) >= 11 is 0. The number of nitrogens with zero attached hydrogens (tertiary/aromatic N) is 2. The first-order valence-electron chi connectivity index (χ1n) is 10.8. The number of amides is 2. The van der Waals surface area contributed by atoms with Gasteiger partial charge in [0.05, 0.1) is 29.1 Å². The Bertz CT molecular complexity index is 1100. The molecule has 31 heavy (non-hydrogen) atoms. The quantitative estimate of drug-likeness (QED) is 0.661. The highest BCUT2D eigenvalue weighted by atomic mass is 16.5. The van der Waals surface area contributed by atoms with E-state index >= 15 is 0 Å². The fraction of sp³-hybridized carbons (Fsp3) is 0.375. The van der Waals surface area contributed by atoms with Gasteiger partial charge in [-0.2, -0.15) is 0 Å². The molecule has 1 aliphatic carbocycles. The van der Waals surface area contributed by atoms with Gasteiger partial charge in [0.1, 0.15) is 0 Å². The van der Waals surface area contributed by atoms with Crippen molar-refractivity contribution in [2.24, 2.45) is 0 Å². The fourth-order valence-electron chi connectivity index (χ4n) is 5.38. The lowest BCUT2D eigenvalue weighted by Gasteiger charge is -2.50. The Labute approximate surface area is 180 Å². The van der Waals surface area contributed by atoms with E-state index in [4.69, 9.17) is 4.74 Å². The predicted octanol–water partition coefficient (Wildman–Crippen LogP) is 3.70. The van der Waals surface area contributed by atoms with Gasteiger partial charge in [-0.1, -0.05) is 43.2 Å². The molecule has 7 heteroatoms. The van der Waals surface area contributed by atoms with Gasteiger partial charge in [0.2, 0.25) is 11.9 Å². The Morgan fingerprint density at radius 2 is 1.94 bits per heavy atom. The summed E-state index contributed by atoms with van der Waals surface area (Å²) in [7, 11) is 1.63. The number of ether oxygens (including phenoxy) is 1. The molecular formula is C24H26N4O3. The third kappa shape index (κ3) is 3.20. The van der Waals surface area contributed by atoms with Crippen LogP contribution in [0.5, 0.6) is 0 Å². The van der Waals surface area contributed by atoms with E-state index in [1.807, 2.05) is 53.4 Å². The van der Waals surface area contributed by atoms with Gasteiger partial charge in [-0.15, -0.1) is 0 Å². The van der Waals surface area contributed by atoms with Gasteiger partial charge in [0.25, 0.3) is 5.91 Å². The van der Waals surface area contributed by atoms with E-state index in [1.165, 1.54) is 0 Å².